The molecular weight excluding hydrogens is 431 g/mol. The third-order valence-corrected chi connectivity index (χ3v) is 4.21. The molecule has 0 aromatic carbocycles. The summed E-state index contributed by atoms with van der Waals surface area (Å²) in [6, 6.07) is 3.47. The minimum atomic E-state index is -0.0267. The van der Waals surface area contributed by atoms with Gasteiger partial charge >= 0.3 is 0 Å². The van der Waals surface area contributed by atoms with E-state index in [2.05, 4.69) is 24.1 Å². The molecule has 2 rings (SSSR count). The summed E-state index contributed by atoms with van der Waals surface area (Å²) in [7, 11) is 0. The van der Waals surface area contributed by atoms with E-state index in [0.717, 1.165) is 38.6 Å². The average molecular weight is 462 g/mol. The summed E-state index contributed by atoms with van der Waals surface area (Å²) in [5.41, 5.74) is 0. The minimum absolute atomic E-state index is 0. The van der Waals surface area contributed by atoms with Crippen LogP contribution >= 0.6 is 24.0 Å². The third-order valence-electron chi connectivity index (χ3n) is 4.21. The Labute approximate surface area is 168 Å². The van der Waals surface area contributed by atoms with Crippen LogP contribution in [-0.2, 0) is 0 Å². The summed E-state index contributed by atoms with van der Waals surface area (Å²) in [5, 5.41) is 3.37. The van der Waals surface area contributed by atoms with E-state index in [4.69, 9.17) is 9.41 Å². The maximum atomic E-state index is 12.3. The fraction of sp³-hybridized carbons (Fsp3) is 0.667. The van der Waals surface area contributed by atoms with Crippen LogP contribution in [0.3, 0.4) is 0 Å². The Kier molecular flexibility index (Phi) is 10.6. The Hall–Kier alpha value is -1.25. The van der Waals surface area contributed by atoms with Crippen LogP contribution < -0.4 is 5.32 Å². The molecular formula is C18H31IN4O2. The van der Waals surface area contributed by atoms with Gasteiger partial charge in [-0.1, -0.05) is 26.2 Å². The van der Waals surface area contributed by atoms with Gasteiger partial charge in [0.15, 0.2) is 11.7 Å². The Bertz CT molecular complexity index is 511. The first-order chi connectivity index (χ1) is 11.8. The number of rotatable bonds is 7. The SMILES string of the molecule is CCCCCCN=C(NCC)N1CCN(C(=O)c2ccco2)CC1.I. The van der Waals surface area contributed by atoms with E-state index in [-0.39, 0.29) is 29.9 Å². The minimum Gasteiger partial charge on any atom is -0.459 e. The van der Waals surface area contributed by atoms with Crippen molar-refractivity contribution in [2.75, 3.05) is 39.3 Å². The highest BCUT2D eigenvalue weighted by atomic mass is 127. The molecule has 1 aliphatic heterocycles. The number of halogens is 1. The lowest BCUT2D eigenvalue weighted by atomic mass is 10.2. The lowest BCUT2D eigenvalue weighted by molar-refractivity contribution is 0.0657. The molecule has 0 bridgehead atoms. The second-order valence-corrected chi connectivity index (χ2v) is 6.05. The van der Waals surface area contributed by atoms with E-state index in [9.17, 15) is 4.79 Å². The number of unbranched alkanes of at least 4 members (excludes halogenated alkanes) is 3. The summed E-state index contributed by atoms with van der Waals surface area (Å²) in [6.45, 7) is 9.02. The fourth-order valence-electron chi connectivity index (χ4n) is 2.83. The van der Waals surface area contributed by atoms with E-state index in [1.807, 2.05) is 4.90 Å². The van der Waals surface area contributed by atoms with E-state index in [1.165, 1.54) is 25.5 Å². The van der Waals surface area contributed by atoms with Crippen LogP contribution in [0.1, 0.15) is 50.1 Å². The smallest absolute Gasteiger partial charge is 0.289 e. The molecule has 0 atom stereocenters. The van der Waals surface area contributed by atoms with Gasteiger partial charge in [-0.25, -0.2) is 0 Å². The highest BCUT2D eigenvalue weighted by molar-refractivity contribution is 14.0. The number of hydrogen-bond donors (Lipinski definition) is 1. The highest BCUT2D eigenvalue weighted by Crippen LogP contribution is 2.10. The molecule has 1 amide bonds. The molecule has 25 heavy (non-hydrogen) atoms. The van der Waals surface area contributed by atoms with Gasteiger partial charge in [0.2, 0.25) is 0 Å². The molecule has 142 valence electrons. The van der Waals surface area contributed by atoms with Crippen molar-refractivity contribution in [2.45, 2.75) is 39.5 Å². The fourth-order valence-corrected chi connectivity index (χ4v) is 2.83. The van der Waals surface area contributed by atoms with E-state index in [1.54, 1.807) is 12.1 Å². The number of piperazine rings is 1. The first-order valence-electron chi connectivity index (χ1n) is 9.12. The Morgan fingerprint density at radius 1 is 1.16 bits per heavy atom. The molecule has 1 aromatic heterocycles. The monoisotopic (exact) mass is 462 g/mol. The molecule has 1 aromatic rings. The summed E-state index contributed by atoms with van der Waals surface area (Å²) >= 11 is 0. The van der Waals surface area contributed by atoms with Gasteiger partial charge in [0.25, 0.3) is 5.91 Å². The van der Waals surface area contributed by atoms with Crippen molar-refractivity contribution >= 4 is 35.8 Å². The number of nitrogens with zero attached hydrogens (tertiary/aromatic N) is 3. The number of aliphatic imine (C=N–C) groups is 1. The molecule has 1 saturated heterocycles. The Morgan fingerprint density at radius 2 is 1.88 bits per heavy atom. The number of guanidine groups is 1. The standard InChI is InChI=1S/C18H30N4O2.HI/c1-3-5-6-7-10-20-18(19-4-2)22-13-11-21(12-14-22)17(23)16-9-8-15-24-16;/h8-9,15H,3-7,10-14H2,1-2H3,(H,19,20);1H. The molecule has 1 aliphatic rings. The topological polar surface area (TPSA) is 61.1 Å². The Morgan fingerprint density at radius 3 is 2.48 bits per heavy atom. The van der Waals surface area contributed by atoms with Gasteiger partial charge in [0.05, 0.1) is 6.26 Å². The molecule has 0 spiro atoms. The molecule has 7 heteroatoms. The molecule has 0 saturated carbocycles. The van der Waals surface area contributed by atoms with Gasteiger partial charge in [0, 0.05) is 39.3 Å². The summed E-state index contributed by atoms with van der Waals surface area (Å²) in [4.78, 5) is 21.1. The van der Waals surface area contributed by atoms with E-state index >= 15 is 0 Å². The van der Waals surface area contributed by atoms with Crippen molar-refractivity contribution in [1.29, 1.82) is 0 Å². The molecule has 0 radical (unpaired) electrons. The maximum absolute atomic E-state index is 12.3. The number of amides is 1. The number of furan rings is 1. The molecule has 1 N–H and O–H groups in total. The van der Waals surface area contributed by atoms with Gasteiger partial charge in [-0.2, -0.15) is 0 Å². The molecule has 0 aliphatic carbocycles. The first kappa shape index (κ1) is 21.8. The van der Waals surface area contributed by atoms with E-state index < -0.39 is 0 Å². The van der Waals surface area contributed by atoms with Crippen LogP contribution in [0.5, 0.6) is 0 Å². The largest absolute Gasteiger partial charge is 0.459 e. The normalized spacial score (nSPS) is 15.0. The summed E-state index contributed by atoms with van der Waals surface area (Å²) < 4.78 is 5.21. The zero-order valence-electron chi connectivity index (χ0n) is 15.4. The van der Waals surface area contributed by atoms with Crippen LogP contribution in [-0.4, -0.2) is 60.9 Å². The molecule has 0 unspecified atom stereocenters. The quantitative estimate of drug-likeness (QED) is 0.293. The van der Waals surface area contributed by atoms with Gasteiger partial charge < -0.3 is 19.5 Å². The van der Waals surface area contributed by atoms with Crippen LogP contribution in [0.4, 0.5) is 0 Å². The summed E-state index contributed by atoms with van der Waals surface area (Å²) in [5.74, 6) is 1.36. The lowest BCUT2D eigenvalue weighted by Crippen LogP contribution is -2.53. The molecule has 1 fully saturated rings. The van der Waals surface area contributed by atoms with Crippen molar-refractivity contribution in [1.82, 2.24) is 15.1 Å². The van der Waals surface area contributed by atoms with Crippen molar-refractivity contribution in [3.8, 4) is 0 Å². The van der Waals surface area contributed by atoms with Crippen LogP contribution in [0.15, 0.2) is 27.8 Å². The van der Waals surface area contributed by atoms with Crippen molar-refractivity contribution in [3.63, 3.8) is 0 Å². The molecule has 6 nitrogen and oxygen atoms in total. The maximum Gasteiger partial charge on any atom is 0.289 e. The van der Waals surface area contributed by atoms with Gasteiger partial charge in [0.1, 0.15) is 0 Å². The zero-order valence-corrected chi connectivity index (χ0v) is 17.7. The van der Waals surface area contributed by atoms with Crippen LogP contribution in [0.2, 0.25) is 0 Å². The summed E-state index contributed by atoms with van der Waals surface area (Å²) in [6.07, 6.45) is 6.44. The van der Waals surface area contributed by atoms with Gasteiger partial charge in [-0.3, -0.25) is 9.79 Å². The second-order valence-electron chi connectivity index (χ2n) is 6.05. The molecule has 2 heterocycles. The van der Waals surface area contributed by atoms with Crippen molar-refractivity contribution in [2.24, 2.45) is 4.99 Å². The van der Waals surface area contributed by atoms with Crippen LogP contribution in [0, 0.1) is 0 Å². The van der Waals surface area contributed by atoms with Crippen molar-refractivity contribution in [3.05, 3.63) is 24.2 Å². The average Bonchev–Trinajstić information content (AvgIpc) is 3.15. The second kappa shape index (κ2) is 12.2. The number of carbonyl (C=O) groups excluding carboxylic acids is 1. The number of nitrogens with one attached hydrogen (secondary N) is 1. The highest BCUT2D eigenvalue weighted by Gasteiger charge is 2.24. The predicted octanol–water partition coefficient (Wildman–Crippen LogP) is 3.20. The third kappa shape index (κ3) is 6.87. The van der Waals surface area contributed by atoms with Crippen LogP contribution in [0.25, 0.3) is 0 Å². The lowest BCUT2D eigenvalue weighted by Gasteiger charge is -2.36. The number of hydrogen-bond acceptors (Lipinski definition) is 3. The Balaban J connectivity index is 0.00000312. The van der Waals surface area contributed by atoms with Crippen molar-refractivity contribution < 1.29 is 9.21 Å². The van der Waals surface area contributed by atoms with E-state index in [0.29, 0.717) is 18.8 Å². The first-order valence-corrected chi connectivity index (χ1v) is 9.12. The predicted molar refractivity (Wildman–Crippen MR) is 112 cm³/mol. The van der Waals surface area contributed by atoms with Gasteiger partial charge in [-0.05, 0) is 25.5 Å². The number of carbonyl (C=O) groups is 1. The van der Waals surface area contributed by atoms with Gasteiger partial charge in [-0.15, -0.1) is 24.0 Å². The zero-order chi connectivity index (χ0) is 17.2.